The van der Waals surface area contributed by atoms with E-state index in [1.165, 1.54) is 13.3 Å². The summed E-state index contributed by atoms with van der Waals surface area (Å²) in [6, 6.07) is 0. The third-order valence-corrected chi connectivity index (χ3v) is 6.31. The minimum atomic E-state index is -2.98. The molecular formula is C12H24N2O4P2Y2-2. The molecule has 10 heteroatoms. The van der Waals surface area contributed by atoms with E-state index < -0.39 is 14.7 Å². The fraction of sp³-hybridized carbons (Fsp3) is 0.750. The van der Waals surface area contributed by atoms with E-state index in [1.54, 1.807) is 0 Å². The Bertz CT molecular complexity index is 431. The summed E-state index contributed by atoms with van der Waals surface area (Å²) in [6.07, 6.45) is 6.20. The van der Waals surface area contributed by atoms with Crippen LogP contribution in [-0.2, 0) is 74.5 Å². The van der Waals surface area contributed by atoms with Crippen molar-refractivity contribution in [3.8, 4) is 0 Å². The monoisotopic (exact) mass is 500 g/mol. The zero-order valence-corrected chi connectivity index (χ0v) is 20.6. The predicted octanol–water partition coefficient (Wildman–Crippen LogP) is 1.01. The molecule has 124 valence electrons. The van der Waals surface area contributed by atoms with Crippen LogP contribution in [0.3, 0.4) is 0 Å². The van der Waals surface area contributed by atoms with E-state index in [9.17, 15) is 9.13 Å². The van der Waals surface area contributed by atoms with Crippen LogP contribution in [0.2, 0.25) is 0 Å². The summed E-state index contributed by atoms with van der Waals surface area (Å²) in [4.78, 5) is 18.2. The largest absolute Gasteiger partial charge is 0.473 e. The van der Waals surface area contributed by atoms with Gasteiger partial charge in [-0.3, -0.25) is 9.13 Å². The maximum absolute atomic E-state index is 11.1. The fourth-order valence-electron chi connectivity index (χ4n) is 2.03. The average Bonchev–Trinajstić information content (AvgIpc) is 2.40. The first kappa shape index (κ1) is 26.5. The molecule has 0 aliphatic carbocycles. The van der Waals surface area contributed by atoms with Crippen molar-refractivity contribution in [1.29, 1.82) is 0 Å². The van der Waals surface area contributed by atoms with Gasteiger partial charge >= 0.3 is 0 Å². The summed E-state index contributed by atoms with van der Waals surface area (Å²) in [7, 11) is -5.81. The van der Waals surface area contributed by atoms with Gasteiger partial charge in [-0.15, -0.1) is 13.1 Å². The summed E-state index contributed by atoms with van der Waals surface area (Å²) in [5.74, 6) is 0. The minimum Gasteiger partial charge on any atom is -0.473 e. The van der Waals surface area contributed by atoms with E-state index in [0.717, 1.165) is 26.1 Å². The smallest absolute Gasteiger partial charge is 0.189 e. The first-order chi connectivity index (χ1) is 9.21. The van der Waals surface area contributed by atoms with Crippen molar-refractivity contribution in [3.63, 3.8) is 0 Å². The molecule has 0 spiro atoms. The zero-order valence-electron chi connectivity index (χ0n) is 13.2. The topological polar surface area (TPSA) is 98.7 Å². The molecule has 0 amide bonds. The van der Waals surface area contributed by atoms with Gasteiger partial charge in [0, 0.05) is 78.7 Å². The van der Waals surface area contributed by atoms with E-state index >= 15 is 0 Å². The Labute approximate surface area is 183 Å². The van der Waals surface area contributed by atoms with Gasteiger partial charge in [0.15, 0.2) is 14.7 Å². The summed E-state index contributed by atoms with van der Waals surface area (Å²) in [6.45, 7) is 5.82. The van der Waals surface area contributed by atoms with Crippen molar-refractivity contribution < 1.29 is 84.3 Å². The molecule has 0 aromatic rings. The molecular weight excluding hydrogens is 476 g/mol. The molecule has 2 aliphatic rings. The Hall–Kier alpha value is 2.25. The maximum atomic E-state index is 11.1. The van der Waals surface area contributed by atoms with Crippen LogP contribution >= 0.6 is 14.7 Å². The van der Waals surface area contributed by atoms with Crippen LogP contribution in [-0.4, -0.2) is 55.0 Å². The second-order valence-corrected chi connectivity index (χ2v) is 10.0. The van der Waals surface area contributed by atoms with E-state index in [-0.39, 0.29) is 71.1 Å². The molecule has 3 atom stereocenters. The molecule has 1 fully saturated rings. The third-order valence-electron chi connectivity index (χ3n) is 3.22. The molecule has 6 nitrogen and oxygen atoms in total. The van der Waals surface area contributed by atoms with Gasteiger partial charge in [-0.1, -0.05) is 12.1 Å². The maximum Gasteiger partial charge on any atom is 0.189 e. The molecule has 2 rings (SSSR count). The first-order valence-electron chi connectivity index (χ1n) is 6.66. The Balaban J connectivity index is 0. The van der Waals surface area contributed by atoms with E-state index in [0.29, 0.717) is 18.3 Å². The third kappa shape index (κ3) is 11.0. The zero-order chi connectivity index (χ0) is 15.2. The van der Waals surface area contributed by atoms with E-state index in [2.05, 4.69) is 16.7 Å². The molecule has 0 aromatic carbocycles. The quantitative estimate of drug-likeness (QED) is 0.334. The van der Waals surface area contributed by atoms with Crippen molar-refractivity contribution in [1.82, 2.24) is 10.6 Å². The fourth-order valence-corrected chi connectivity index (χ4v) is 4.03. The molecule has 2 radical (unpaired) electrons. The average molecular weight is 500 g/mol. The number of nitrogens with one attached hydrogen (secondary N) is 2. The van der Waals surface area contributed by atoms with Gasteiger partial charge in [0.1, 0.15) is 0 Å². The molecule has 0 aromatic heterocycles. The Morgan fingerprint density at radius 1 is 1.18 bits per heavy atom. The van der Waals surface area contributed by atoms with Gasteiger partial charge in [0.25, 0.3) is 0 Å². The van der Waals surface area contributed by atoms with Crippen LogP contribution in [0.1, 0.15) is 12.8 Å². The minimum absolute atomic E-state index is 0. The van der Waals surface area contributed by atoms with Crippen LogP contribution < -0.4 is 10.6 Å². The molecule has 2 aliphatic heterocycles. The van der Waals surface area contributed by atoms with Gasteiger partial charge in [0.2, 0.25) is 0 Å². The van der Waals surface area contributed by atoms with Crippen LogP contribution in [0.15, 0.2) is 5.31 Å². The molecule has 0 bridgehead atoms. The molecule has 3 unspecified atom stereocenters. The number of hydrogen-bond acceptors (Lipinski definition) is 4. The first-order valence-corrected chi connectivity index (χ1v) is 10.9. The summed E-state index contributed by atoms with van der Waals surface area (Å²) in [5.41, 5.74) is -0.0752. The van der Waals surface area contributed by atoms with Crippen LogP contribution in [0, 0.1) is 12.5 Å². The van der Waals surface area contributed by atoms with Gasteiger partial charge in [-0.25, -0.2) is 0 Å². The standard InChI is InChI=1S/C6H13NO2P.C6H11NO2P.2Y/c2*1-10(8,9)6-2-4-7-5-3-6;;/h2,6-7H,3-5H2,1H3,(H,8,9);7H,2,4-5H2,1H3,(H,8,9);;/q2*-1;;. The second kappa shape index (κ2) is 12.6. The summed E-state index contributed by atoms with van der Waals surface area (Å²) < 4.78 is 22.1. The Morgan fingerprint density at radius 2 is 1.82 bits per heavy atom. The number of rotatable bonds is 2. The van der Waals surface area contributed by atoms with Gasteiger partial charge < -0.3 is 32.9 Å². The Morgan fingerprint density at radius 3 is 2.09 bits per heavy atom. The van der Waals surface area contributed by atoms with Gasteiger partial charge in [-0.05, 0) is 19.5 Å². The van der Waals surface area contributed by atoms with Crippen LogP contribution in [0.25, 0.3) is 0 Å². The predicted molar refractivity (Wildman–Crippen MR) is 81.3 cm³/mol. The van der Waals surface area contributed by atoms with Crippen molar-refractivity contribution in [3.05, 3.63) is 17.8 Å². The normalized spacial score (nSPS) is 26.5. The van der Waals surface area contributed by atoms with E-state index in [1.807, 2.05) is 6.42 Å². The van der Waals surface area contributed by atoms with Crippen molar-refractivity contribution in [2.45, 2.75) is 18.5 Å². The van der Waals surface area contributed by atoms with Crippen LogP contribution in [0.5, 0.6) is 0 Å². The van der Waals surface area contributed by atoms with Crippen molar-refractivity contribution in [2.75, 3.05) is 39.5 Å². The number of piperidine rings is 1. The van der Waals surface area contributed by atoms with Gasteiger partial charge in [0.05, 0.1) is 0 Å². The molecule has 2 heterocycles. The van der Waals surface area contributed by atoms with Crippen LogP contribution in [0.4, 0.5) is 0 Å². The second-order valence-electron chi connectivity index (χ2n) is 5.17. The molecule has 22 heavy (non-hydrogen) atoms. The van der Waals surface area contributed by atoms with Crippen molar-refractivity contribution in [2.24, 2.45) is 0 Å². The SMILES string of the molecule is CP(=O)(O)C1=[C-]CNCC1.CP(=O)(O)C1[CH-]CNCC1.[Y].[Y]. The Kier molecular flexibility index (Phi) is 15.1. The molecule has 0 saturated carbocycles. The summed E-state index contributed by atoms with van der Waals surface area (Å²) in [5, 5.41) is 6.71. The molecule has 1 saturated heterocycles. The number of hydrogen-bond donors (Lipinski definition) is 4. The van der Waals surface area contributed by atoms with Gasteiger partial charge in [-0.2, -0.15) is 5.31 Å². The summed E-state index contributed by atoms with van der Waals surface area (Å²) >= 11 is 0. The van der Waals surface area contributed by atoms with Crippen molar-refractivity contribution >= 4 is 14.7 Å². The molecule has 4 N–H and O–H groups in total. The van der Waals surface area contributed by atoms with E-state index in [4.69, 9.17) is 9.79 Å².